The number of hydrogen-bond acceptors (Lipinski definition) is 4. The maximum absolute atomic E-state index is 11.5. The van der Waals surface area contributed by atoms with E-state index in [4.69, 9.17) is 10.5 Å². The van der Waals surface area contributed by atoms with Gasteiger partial charge in [-0.15, -0.1) is 0 Å². The summed E-state index contributed by atoms with van der Waals surface area (Å²) in [6.45, 7) is 2.83. The number of H-pyrrole nitrogens is 1. The van der Waals surface area contributed by atoms with Crippen molar-refractivity contribution in [1.29, 1.82) is 0 Å². The number of nitrogens with one attached hydrogen (secondary N) is 2. The van der Waals surface area contributed by atoms with Crippen molar-refractivity contribution in [3.63, 3.8) is 0 Å². The maximum atomic E-state index is 11.5. The van der Waals surface area contributed by atoms with Crippen LogP contribution in [-0.4, -0.2) is 35.6 Å². The van der Waals surface area contributed by atoms with Crippen LogP contribution in [0, 0.1) is 0 Å². The molecule has 0 saturated heterocycles. The van der Waals surface area contributed by atoms with Crippen molar-refractivity contribution in [2.24, 2.45) is 5.73 Å². The fraction of sp³-hybridized carbons (Fsp3) is 0.600. The Labute approximate surface area is 94.6 Å². The highest BCUT2D eigenvalue weighted by Gasteiger charge is 2.14. The summed E-state index contributed by atoms with van der Waals surface area (Å²) in [6, 6.07) is -0.0935. The quantitative estimate of drug-likeness (QED) is 0.568. The molecule has 0 bridgehead atoms. The summed E-state index contributed by atoms with van der Waals surface area (Å²) >= 11 is 0. The SMILES string of the molecule is CCC(NC(=O)COCCN)c1ncc[nH]1. The minimum atomic E-state index is -0.156. The standard InChI is InChI=1S/C10H18N4O2/c1-2-8(10-12-4-5-13-10)14-9(15)7-16-6-3-11/h4-5,8H,2-3,6-7,11H2,1H3,(H,12,13)(H,14,15). The number of carbonyl (C=O) groups excluding carboxylic acids is 1. The smallest absolute Gasteiger partial charge is 0.246 e. The summed E-state index contributed by atoms with van der Waals surface area (Å²) in [5.74, 6) is 0.603. The Balaban J connectivity index is 2.36. The first kappa shape index (κ1) is 12.7. The fourth-order valence-corrected chi connectivity index (χ4v) is 1.32. The predicted octanol–water partition coefficient (Wildman–Crippen LogP) is -0.0477. The summed E-state index contributed by atoms with van der Waals surface area (Å²) in [4.78, 5) is 18.5. The monoisotopic (exact) mass is 226 g/mol. The molecule has 16 heavy (non-hydrogen) atoms. The predicted molar refractivity (Wildman–Crippen MR) is 59.6 cm³/mol. The van der Waals surface area contributed by atoms with Gasteiger partial charge in [0.1, 0.15) is 12.4 Å². The highest BCUT2D eigenvalue weighted by molar-refractivity contribution is 5.77. The number of nitrogens with two attached hydrogens (primary N) is 1. The lowest BCUT2D eigenvalue weighted by Gasteiger charge is -2.14. The third-order valence-corrected chi connectivity index (χ3v) is 2.09. The molecule has 0 aliphatic rings. The van der Waals surface area contributed by atoms with Gasteiger partial charge in [0.2, 0.25) is 5.91 Å². The Hall–Kier alpha value is -1.40. The Morgan fingerprint density at radius 2 is 2.56 bits per heavy atom. The minimum absolute atomic E-state index is 0.0361. The van der Waals surface area contributed by atoms with E-state index in [-0.39, 0.29) is 18.6 Å². The fourth-order valence-electron chi connectivity index (χ4n) is 1.32. The Morgan fingerprint density at radius 1 is 1.75 bits per heavy atom. The molecule has 0 spiro atoms. The molecule has 0 saturated carbocycles. The number of aromatic nitrogens is 2. The second kappa shape index (κ2) is 6.97. The van der Waals surface area contributed by atoms with Gasteiger partial charge in [-0.1, -0.05) is 6.92 Å². The van der Waals surface area contributed by atoms with Crippen LogP contribution < -0.4 is 11.1 Å². The lowest BCUT2D eigenvalue weighted by molar-refractivity contribution is -0.126. The molecule has 1 aromatic heterocycles. The van der Waals surface area contributed by atoms with E-state index in [1.807, 2.05) is 6.92 Å². The maximum Gasteiger partial charge on any atom is 0.246 e. The van der Waals surface area contributed by atoms with E-state index in [0.29, 0.717) is 13.2 Å². The first-order chi connectivity index (χ1) is 7.77. The molecule has 0 radical (unpaired) electrons. The topological polar surface area (TPSA) is 93.0 Å². The van der Waals surface area contributed by atoms with Gasteiger partial charge in [0.25, 0.3) is 0 Å². The van der Waals surface area contributed by atoms with Crippen molar-refractivity contribution in [2.45, 2.75) is 19.4 Å². The average molecular weight is 226 g/mol. The van der Waals surface area contributed by atoms with Crippen LogP contribution in [0.3, 0.4) is 0 Å². The Kier molecular flexibility index (Phi) is 5.52. The summed E-state index contributed by atoms with van der Waals surface area (Å²) in [7, 11) is 0. The highest BCUT2D eigenvalue weighted by atomic mass is 16.5. The number of nitrogens with zero attached hydrogens (tertiary/aromatic N) is 1. The molecule has 1 unspecified atom stereocenters. The normalized spacial score (nSPS) is 12.4. The molecule has 4 N–H and O–H groups in total. The van der Waals surface area contributed by atoms with Gasteiger partial charge in [-0.2, -0.15) is 0 Å². The zero-order valence-corrected chi connectivity index (χ0v) is 9.40. The molecule has 0 aliphatic heterocycles. The minimum Gasteiger partial charge on any atom is -0.370 e. The van der Waals surface area contributed by atoms with Crippen molar-refractivity contribution in [3.05, 3.63) is 18.2 Å². The van der Waals surface area contributed by atoms with E-state index >= 15 is 0 Å². The van der Waals surface area contributed by atoms with Crippen LogP contribution in [0.2, 0.25) is 0 Å². The van der Waals surface area contributed by atoms with Gasteiger partial charge in [0, 0.05) is 18.9 Å². The number of aromatic amines is 1. The third-order valence-electron chi connectivity index (χ3n) is 2.09. The average Bonchev–Trinajstić information content (AvgIpc) is 2.79. The van der Waals surface area contributed by atoms with Gasteiger partial charge in [0.15, 0.2) is 0 Å². The number of imidazole rings is 1. The van der Waals surface area contributed by atoms with E-state index in [1.165, 1.54) is 0 Å². The lowest BCUT2D eigenvalue weighted by atomic mass is 10.2. The van der Waals surface area contributed by atoms with E-state index in [0.717, 1.165) is 12.2 Å². The molecule has 1 aromatic rings. The Bertz CT molecular complexity index is 300. The molecule has 90 valence electrons. The van der Waals surface area contributed by atoms with Gasteiger partial charge in [0.05, 0.1) is 12.6 Å². The molecular formula is C10H18N4O2. The highest BCUT2D eigenvalue weighted by Crippen LogP contribution is 2.10. The molecule has 1 rings (SSSR count). The molecule has 1 heterocycles. The van der Waals surface area contributed by atoms with Crippen molar-refractivity contribution in [1.82, 2.24) is 15.3 Å². The lowest BCUT2D eigenvalue weighted by Crippen LogP contribution is -2.32. The number of amides is 1. The van der Waals surface area contributed by atoms with Crippen LogP contribution in [0.1, 0.15) is 25.2 Å². The molecule has 1 amide bonds. The van der Waals surface area contributed by atoms with Gasteiger partial charge < -0.3 is 20.8 Å². The number of rotatable bonds is 7. The van der Waals surface area contributed by atoms with E-state index < -0.39 is 0 Å². The second-order valence-corrected chi connectivity index (χ2v) is 3.34. The molecule has 0 aliphatic carbocycles. The van der Waals surface area contributed by atoms with Crippen LogP contribution >= 0.6 is 0 Å². The van der Waals surface area contributed by atoms with E-state index in [2.05, 4.69) is 15.3 Å². The van der Waals surface area contributed by atoms with Crippen LogP contribution in [0.4, 0.5) is 0 Å². The van der Waals surface area contributed by atoms with Crippen molar-refractivity contribution in [3.8, 4) is 0 Å². The molecule has 1 atom stereocenters. The molecule has 6 heteroatoms. The number of carbonyl (C=O) groups is 1. The summed E-state index contributed by atoms with van der Waals surface area (Å²) in [6.07, 6.45) is 4.17. The van der Waals surface area contributed by atoms with Crippen molar-refractivity contribution < 1.29 is 9.53 Å². The zero-order chi connectivity index (χ0) is 11.8. The first-order valence-corrected chi connectivity index (χ1v) is 5.34. The van der Waals surface area contributed by atoms with Crippen LogP contribution in [0.5, 0.6) is 0 Å². The van der Waals surface area contributed by atoms with E-state index in [9.17, 15) is 4.79 Å². The molecule has 0 fully saturated rings. The summed E-state index contributed by atoms with van der Waals surface area (Å²) in [5, 5.41) is 2.83. The molecular weight excluding hydrogens is 208 g/mol. The van der Waals surface area contributed by atoms with Crippen molar-refractivity contribution in [2.75, 3.05) is 19.8 Å². The van der Waals surface area contributed by atoms with E-state index in [1.54, 1.807) is 12.4 Å². The van der Waals surface area contributed by atoms with Crippen molar-refractivity contribution >= 4 is 5.91 Å². The van der Waals surface area contributed by atoms with Gasteiger partial charge >= 0.3 is 0 Å². The van der Waals surface area contributed by atoms with Gasteiger partial charge in [-0.25, -0.2) is 4.98 Å². The van der Waals surface area contributed by atoms with Crippen LogP contribution in [-0.2, 0) is 9.53 Å². The summed E-state index contributed by atoms with van der Waals surface area (Å²) in [5.41, 5.74) is 5.25. The largest absolute Gasteiger partial charge is 0.370 e. The number of ether oxygens (including phenoxy) is 1. The van der Waals surface area contributed by atoms with Gasteiger partial charge in [-0.05, 0) is 6.42 Å². The van der Waals surface area contributed by atoms with Gasteiger partial charge in [-0.3, -0.25) is 4.79 Å². The molecule has 0 aromatic carbocycles. The van der Waals surface area contributed by atoms with Crippen LogP contribution in [0.25, 0.3) is 0 Å². The van der Waals surface area contributed by atoms with Crippen LogP contribution in [0.15, 0.2) is 12.4 Å². The Morgan fingerprint density at radius 3 is 3.12 bits per heavy atom. The molecule has 6 nitrogen and oxygen atoms in total. The second-order valence-electron chi connectivity index (χ2n) is 3.34. The number of hydrogen-bond donors (Lipinski definition) is 3. The third kappa shape index (κ3) is 4.00. The summed E-state index contributed by atoms with van der Waals surface area (Å²) < 4.78 is 5.04. The first-order valence-electron chi connectivity index (χ1n) is 5.34. The zero-order valence-electron chi connectivity index (χ0n) is 9.40.